The number of fused-ring (bicyclic) bond motifs is 1. The van der Waals surface area contributed by atoms with Gasteiger partial charge in [0.1, 0.15) is 0 Å². The van der Waals surface area contributed by atoms with Gasteiger partial charge in [-0.25, -0.2) is 0 Å². The Bertz CT molecular complexity index is 1070. The first-order chi connectivity index (χ1) is 15.3. The summed E-state index contributed by atoms with van der Waals surface area (Å²) in [5.41, 5.74) is 1.78. The lowest BCUT2D eigenvalue weighted by Crippen LogP contribution is -2.32. The molecule has 1 saturated heterocycles. The molecular formula is C22H22N4O4S. The van der Waals surface area contributed by atoms with Crippen molar-refractivity contribution in [2.24, 2.45) is 0 Å². The average molecular weight is 439 g/mol. The first-order valence-corrected chi connectivity index (χ1v) is 11.2. The Kier molecular flexibility index (Phi) is 5.77. The number of hydrogen-bond donors (Lipinski definition) is 1. The fourth-order valence-electron chi connectivity index (χ4n) is 3.61. The minimum absolute atomic E-state index is 0.0484. The lowest BCUT2D eigenvalue weighted by molar-refractivity contribution is -0.119. The van der Waals surface area contributed by atoms with Crippen molar-refractivity contribution in [3.8, 4) is 28.6 Å². The van der Waals surface area contributed by atoms with E-state index in [1.165, 1.54) is 11.8 Å². The fraction of sp³-hybridized carbons (Fsp3) is 0.318. The molecule has 9 heteroatoms. The monoisotopic (exact) mass is 438 g/mol. The van der Waals surface area contributed by atoms with Gasteiger partial charge in [-0.2, -0.15) is 0 Å². The van der Waals surface area contributed by atoms with Crippen LogP contribution in [-0.4, -0.2) is 52.5 Å². The van der Waals surface area contributed by atoms with Crippen LogP contribution in [-0.2, 0) is 9.53 Å². The Morgan fingerprint density at radius 2 is 2.00 bits per heavy atom. The third-order valence-electron chi connectivity index (χ3n) is 5.16. The number of carbonyl (C=O) groups excluding carboxylic acids is 1. The number of ether oxygens (including phenoxy) is 3. The standard InChI is InChI=1S/C22H22N4O4S/c27-20(23-12-17-7-4-10-28-17)13-31-22-25-24-21(26(22)16-5-2-1-3-6-16)15-8-9-18-19(11-15)30-14-29-18/h1-3,5-6,8-9,11,17H,4,7,10,12-14H2,(H,23,27)/t17-/m0/s1. The van der Waals surface area contributed by atoms with E-state index in [-0.39, 0.29) is 24.6 Å². The van der Waals surface area contributed by atoms with Gasteiger partial charge in [-0.1, -0.05) is 30.0 Å². The molecule has 31 heavy (non-hydrogen) atoms. The van der Waals surface area contributed by atoms with Gasteiger partial charge in [0.25, 0.3) is 0 Å². The molecule has 8 nitrogen and oxygen atoms in total. The van der Waals surface area contributed by atoms with Crippen LogP contribution >= 0.6 is 11.8 Å². The Labute approximate surface area is 183 Å². The Hall–Kier alpha value is -3.04. The Morgan fingerprint density at radius 3 is 2.84 bits per heavy atom. The Balaban J connectivity index is 1.37. The molecule has 5 rings (SSSR count). The fourth-order valence-corrected chi connectivity index (χ4v) is 4.39. The molecule has 3 heterocycles. The van der Waals surface area contributed by atoms with Crippen molar-refractivity contribution in [3.05, 3.63) is 48.5 Å². The summed E-state index contributed by atoms with van der Waals surface area (Å²) in [4.78, 5) is 12.4. The molecule has 0 bridgehead atoms. The molecule has 2 aromatic carbocycles. The van der Waals surface area contributed by atoms with Crippen LogP contribution in [0.1, 0.15) is 12.8 Å². The lowest BCUT2D eigenvalue weighted by Gasteiger charge is -2.12. The van der Waals surface area contributed by atoms with Crippen molar-refractivity contribution in [3.63, 3.8) is 0 Å². The second kappa shape index (κ2) is 8.99. The summed E-state index contributed by atoms with van der Waals surface area (Å²) >= 11 is 1.35. The molecule has 1 aromatic heterocycles. The number of carbonyl (C=O) groups is 1. The normalized spacial score (nSPS) is 17.1. The van der Waals surface area contributed by atoms with E-state index in [0.29, 0.717) is 29.0 Å². The third-order valence-corrected chi connectivity index (χ3v) is 6.09. The number of amides is 1. The van der Waals surface area contributed by atoms with Gasteiger partial charge in [0.15, 0.2) is 22.5 Å². The number of thioether (sulfide) groups is 1. The van der Waals surface area contributed by atoms with Gasteiger partial charge >= 0.3 is 0 Å². The van der Waals surface area contributed by atoms with Gasteiger partial charge in [0.2, 0.25) is 12.7 Å². The summed E-state index contributed by atoms with van der Waals surface area (Å²) in [5.74, 6) is 2.27. The zero-order valence-electron chi connectivity index (χ0n) is 16.8. The van der Waals surface area contributed by atoms with Crippen LogP contribution in [0.2, 0.25) is 0 Å². The first kappa shape index (κ1) is 19.9. The van der Waals surface area contributed by atoms with Crippen LogP contribution in [0.25, 0.3) is 17.1 Å². The van der Waals surface area contributed by atoms with E-state index in [9.17, 15) is 4.79 Å². The van der Waals surface area contributed by atoms with E-state index in [4.69, 9.17) is 14.2 Å². The summed E-state index contributed by atoms with van der Waals surface area (Å²) in [5, 5.41) is 12.4. The van der Waals surface area contributed by atoms with Crippen molar-refractivity contribution in [1.29, 1.82) is 0 Å². The largest absolute Gasteiger partial charge is 0.454 e. The number of aromatic nitrogens is 3. The number of rotatable bonds is 7. The molecule has 1 N–H and O–H groups in total. The van der Waals surface area contributed by atoms with Crippen molar-refractivity contribution >= 4 is 17.7 Å². The summed E-state index contributed by atoms with van der Waals surface area (Å²) < 4.78 is 18.4. The van der Waals surface area contributed by atoms with Crippen molar-refractivity contribution in [1.82, 2.24) is 20.1 Å². The maximum Gasteiger partial charge on any atom is 0.231 e. The smallest absolute Gasteiger partial charge is 0.231 e. The predicted octanol–water partition coefficient (Wildman–Crippen LogP) is 3.05. The summed E-state index contributed by atoms with van der Waals surface area (Å²) in [6.45, 7) is 1.54. The van der Waals surface area contributed by atoms with E-state index >= 15 is 0 Å². The van der Waals surface area contributed by atoms with Gasteiger partial charge in [0, 0.05) is 24.4 Å². The maximum atomic E-state index is 12.4. The van der Waals surface area contributed by atoms with Crippen molar-refractivity contribution in [2.75, 3.05) is 25.7 Å². The molecular weight excluding hydrogens is 416 g/mol. The highest BCUT2D eigenvalue weighted by molar-refractivity contribution is 7.99. The van der Waals surface area contributed by atoms with Crippen LogP contribution in [0.4, 0.5) is 0 Å². The minimum atomic E-state index is -0.0484. The molecule has 1 atom stereocenters. The zero-order valence-corrected chi connectivity index (χ0v) is 17.6. The van der Waals surface area contributed by atoms with E-state index in [1.807, 2.05) is 53.1 Å². The van der Waals surface area contributed by atoms with Crippen LogP contribution < -0.4 is 14.8 Å². The number of para-hydroxylation sites is 1. The molecule has 0 spiro atoms. The molecule has 0 saturated carbocycles. The molecule has 2 aliphatic heterocycles. The van der Waals surface area contributed by atoms with E-state index in [2.05, 4.69) is 15.5 Å². The zero-order chi connectivity index (χ0) is 21.0. The van der Waals surface area contributed by atoms with Crippen molar-refractivity contribution < 1.29 is 19.0 Å². The van der Waals surface area contributed by atoms with E-state index < -0.39 is 0 Å². The van der Waals surface area contributed by atoms with Crippen molar-refractivity contribution in [2.45, 2.75) is 24.1 Å². The molecule has 2 aliphatic rings. The third kappa shape index (κ3) is 4.38. The average Bonchev–Trinajstić information content (AvgIpc) is 3.57. The van der Waals surface area contributed by atoms with E-state index in [0.717, 1.165) is 30.7 Å². The highest BCUT2D eigenvalue weighted by Crippen LogP contribution is 2.37. The SMILES string of the molecule is O=C(CSc1nnc(-c2ccc3c(c2)OCO3)n1-c1ccccc1)NC[C@@H]1CCCO1. The van der Waals surface area contributed by atoms with Gasteiger partial charge < -0.3 is 19.5 Å². The lowest BCUT2D eigenvalue weighted by atomic mass is 10.2. The highest BCUT2D eigenvalue weighted by atomic mass is 32.2. The summed E-state index contributed by atoms with van der Waals surface area (Å²) in [6, 6.07) is 15.5. The first-order valence-electron chi connectivity index (χ1n) is 10.2. The van der Waals surface area contributed by atoms with Gasteiger partial charge in [-0.05, 0) is 43.2 Å². The maximum absolute atomic E-state index is 12.4. The van der Waals surface area contributed by atoms with Gasteiger partial charge in [-0.15, -0.1) is 10.2 Å². The number of benzene rings is 2. The van der Waals surface area contributed by atoms with Crippen LogP contribution in [0.5, 0.6) is 11.5 Å². The molecule has 1 fully saturated rings. The van der Waals surface area contributed by atoms with Gasteiger partial charge in [0.05, 0.1) is 11.9 Å². The number of nitrogens with one attached hydrogen (secondary N) is 1. The van der Waals surface area contributed by atoms with Crippen LogP contribution in [0.15, 0.2) is 53.7 Å². The summed E-state index contributed by atoms with van der Waals surface area (Å²) in [6.07, 6.45) is 2.17. The molecule has 0 radical (unpaired) electrons. The summed E-state index contributed by atoms with van der Waals surface area (Å²) in [7, 11) is 0. The molecule has 0 aliphatic carbocycles. The number of nitrogens with zero attached hydrogens (tertiary/aromatic N) is 3. The van der Waals surface area contributed by atoms with Crippen LogP contribution in [0.3, 0.4) is 0 Å². The molecule has 160 valence electrons. The topological polar surface area (TPSA) is 87.5 Å². The Morgan fingerprint density at radius 1 is 1.13 bits per heavy atom. The van der Waals surface area contributed by atoms with Gasteiger partial charge in [-0.3, -0.25) is 9.36 Å². The molecule has 1 amide bonds. The van der Waals surface area contributed by atoms with E-state index in [1.54, 1.807) is 0 Å². The second-order valence-electron chi connectivity index (χ2n) is 7.27. The second-order valence-corrected chi connectivity index (χ2v) is 8.22. The quantitative estimate of drug-likeness (QED) is 0.567. The molecule has 3 aromatic rings. The molecule has 0 unspecified atom stereocenters. The minimum Gasteiger partial charge on any atom is -0.454 e. The number of hydrogen-bond acceptors (Lipinski definition) is 7. The van der Waals surface area contributed by atoms with Crippen LogP contribution in [0, 0.1) is 0 Å². The predicted molar refractivity (Wildman–Crippen MR) is 116 cm³/mol. The highest BCUT2D eigenvalue weighted by Gasteiger charge is 2.21.